The van der Waals surface area contributed by atoms with Gasteiger partial charge in [-0.3, -0.25) is 19.6 Å². The van der Waals surface area contributed by atoms with Gasteiger partial charge in [-0.25, -0.2) is 10.4 Å². The average Bonchev–Trinajstić information content (AvgIpc) is 3.78. The van der Waals surface area contributed by atoms with E-state index in [1.165, 1.54) is 28.8 Å². The molecule has 6 heterocycles. The number of nitrogens with zero attached hydrogens (tertiary/aromatic N) is 6. The molecule has 0 saturated carbocycles. The highest BCUT2D eigenvalue weighted by Crippen LogP contribution is 2.43. The van der Waals surface area contributed by atoms with E-state index in [0.717, 1.165) is 88.8 Å². The van der Waals surface area contributed by atoms with Gasteiger partial charge >= 0.3 is 0 Å². The number of aromatic nitrogens is 3. The zero-order valence-electron chi connectivity index (χ0n) is 33.8. The molecular weight excluding hydrogens is 729 g/mol. The minimum Gasteiger partial charge on any atom is -0.378 e. The normalized spacial score (nSPS) is 22.8. The lowest BCUT2D eigenvalue weighted by Gasteiger charge is -2.41. The van der Waals surface area contributed by atoms with Gasteiger partial charge in [0.05, 0.1) is 53.3 Å². The van der Waals surface area contributed by atoms with Crippen molar-refractivity contribution in [1.29, 1.82) is 0 Å². The van der Waals surface area contributed by atoms with E-state index in [2.05, 4.69) is 84.1 Å². The zero-order chi connectivity index (χ0) is 39.8. The Kier molecular flexibility index (Phi) is 11.7. The molecule has 14 heteroatoms. The number of thiazole rings is 1. The summed E-state index contributed by atoms with van der Waals surface area (Å²) in [6.07, 6.45) is 4.67. The molecule has 4 aromatic rings. The average molecular weight is 785 g/mol. The van der Waals surface area contributed by atoms with Crippen LogP contribution in [0.5, 0.6) is 0 Å². The summed E-state index contributed by atoms with van der Waals surface area (Å²) in [5.41, 5.74) is 10.0. The number of pyridine rings is 1. The number of methoxy groups -OCH3 is 1. The van der Waals surface area contributed by atoms with Crippen molar-refractivity contribution >= 4 is 46.0 Å². The van der Waals surface area contributed by atoms with Crippen molar-refractivity contribution in [3.63, 3.8) is 0 Å². The van der Waals surface area contributed by atoms with Gasteiger partial charge in [0.1, 0.15) is 17.9 Å². The van der Waals surface area contributed by atoms with Gasteiger partial charge in [-0.15, -0.1) is 11.3 Å². The van der Waals surface area contributed by atoms with Crippen molar-refractivity contribution in [3.05, 3.63) is 52.1 Å². The summed E-state index contributed by atoms with van der Waals surface area (Å²) in [7, 11) is 3.90. The van der Waals surface area contributed by atoms with Crippen LogP contribution in [0.2, 0.25) is 0 Å². The Morgan fingerprint density at radius 2 is 1.96 bits per heavy atom. The predicted octanol–water partition coefficient (Wildman–Crippen LogP) is 5.02. The molecular formula is C42H56N8O5S. The van der Waals surface area contributed by atoms with E-state index >= 15 is 0 Å². The van der Waals surface area contributed by atoms with E-state index in [1.807, 2.05) is 11.6 Å². The maximum absolute atomic E-state index is 13.9. The number of likely N-dealkylation sites (N-methyl/N-ethyl adjacent to an activating group) is 1. The van der Waals surface area contributed by atoms with E-state index < -0.39 is 11.6 Å². The lowest BCUT2D eigenvalue weighted by atomic mass is 9.84. The Balaban J connectivity index is 1.40. The van der Waals surface area contributed by atoms with Gasteiger partial charge in [-0.1, -0.05) is 19.9 Å². The number of nitrogens with one attached hydrogen (secondary N) is 2. The van der Waals surface area contributed by atoms with Crippen LogP contribution in [0.4, 0.5) is 5.69 Å². The standard InChI is InChI=1S/C42H56N8O5S/c1-8-49-36-11-10-29-18-31(36)33(39(49)32-19-30(22-43-38(32)27(2)54-7)48-16-14-47(6)15-17-48)21-41(4,5)25-55-26-42(24-51)12-9-13-50(46-42)40(53)34(44-28(3)52)20-37-45-35(29)23-56-37/h10-11,18-19,22-24,27,34,46H,8-9,12-17,20-21,25-26H2,1-7H3,(H,44,52)/t27-,34-,42-/m0/s1. The van der Waals surface area contributed by atoms with Crippen molar-refractivity contribution in [1.82, 2.24) is 35.2 Å². The minimum atomic E-state index is -1.08. The van der Waals surface area contributed by atoms with Crippen molar-refractivity contribution in [2.45, 2.75) is 84.5 Å². The van der Waals surface area contributed by atoms with Crippen LogP contribution in [0.1, 0.15) is 69.8 Å². The van der Waals surface area contributed by atoms with E-state index in [0.29, 0.717) is 32.4 Å². The molecule has 300 valence electrons. The third kappa shape index (κ3) is 8.12. The Morgan fingerprint density at radius 3 is 2.68 bits per heavy atom. The summed E-state index contributed by atoms with van der Waals surface area (Å²) in [4.78, 5) is 54.0. The second-order valence-corrected chi connectivity index (χ2v) is 17.4. The van der Waals surface area contributed by atoms with Crippen LogP contribution < -0.4 is 15.6 Å². The van der Waals surface area contributed by atoms with Crippen LogP contribution in [-0.2, 0) is 43.2 Å². The number of benzene rings is 1. The summed E-state index contributed by atoms with van der Waals surface area (Å²) >= 11 is 1.47. The van der Waals surface area contributed by atoms with Gasteiger partial charge in [-0.2, -0.15) is 0 Å². The maximum Gasteiger partial charge on any atom is 0.259 e. The van der Waals surface area contributed by atoms with Crippen molar-refractivity contribution in [2.24, 2.45) is 5.41 Å². The number of anilines is 1. The lowest BCUT2D eigenvalue weighted by molar-refractivity contribution is -0.146. The number of rotatable bonds is 7. The summed E-state index contributed by atoms with van der Waals surface area (Å²) < 4.78 is 14.8. The van der Waals surface area contributed by atoms with Crippen LogP contribution in [0.15, 0.2) is 35.8 Å². The molecule has 0 aliphatic carbocycles. The van der Waals surface area contributed by atoms with Crippen LogP contribution in [-0.4, -0.2) is 114 Å². The monoisotopic (exact) mass is 784 g/mol. The molecule has 0 unspecified atom stereocenters. The quantitative estimate of drug-likeness (QED) is 0.246. The number of piperazine rings is 1. The molecule has 0 spiro atoms. The molecule has 3 aliphatic rings. The second-order valence-electron chi connectivity index (χ2n) is 16.5. The molecule has 6 bridgehead atoms. The summed E-state index contributed by atoms with van der Waals surface area (Å²) in [5.74, 6) is -0.620. The van der Waals surface area contributed by atoms with Gasteiger partial charge in [0.25, 0.3) is 5.91 Å². The third-order valence-electron chi connectivity index (χ3n) is 11.5. The van der Waals surface area contributed by atoms with E-state index in [1.54, 1.807) is 7.11 Å². The summed E-state index contributed by atoms with van der Waals surface area (Å²) in [5, 5.41) is 8.20. The Morgan fingerprint density at radius 1 is 1.18 bits per heavy atom. The predicted molar refractivity (Wildman–Crippen MR) is 220 cm³/mol. The minimum absolute atomic E-state index is 0.102. The van der Waals surface area contributed by atoms with Crippen LogP contribution in [0, 0.1) is 5.41 Å². The number of hydrogen-bond acceptors (Lipinski definition) is 11. The zero-order valence-corrected chi connectivity index (χ0v) is 34.6. The van der Waals surface area contributed by atoms with Gasteiger partial charge in [0, 0.05) is 87.1 Å². The molecule has 3 aliphatic heterocycles. The number of aldehydes is 1. The highest BCUT2D eigenvalue weighted by atomic mass is 32.1. The molecule has 1 aromatic carbocycles. The van der Waals surface area contributed by atoms with Crippen LogP contribution >= 0.6 is 11.3 Å². The van der Waals surface area contributed by atoms with Gasteiger partial charge in [-0.05, 0) is 69.3 Å². The molecule has 2 saturated heterocycles. The van der Waals surface area contributed by atoms with E-state index in [4.69, 9.17) is 19.4 Å². The van der Waals surface area contributed by atoms with Gasteiger partial charge < -0.3 is 34.0 Å². The maximum atomic E-state index is 13.9. The van der Waals surface area contributed by atoms with Crippen molar-refractivity contribution in [3.8, 4) is 22.5 Å². The molecule has 56 heavy (non-hydrogen) atoms. The number of ether oxygens (including phenoxy) is 2. The fraction of sp³-hybridized carbons (Fsp3) is 0.548. The summed E-state index contributed by atoms with van der Waals surface area (Å²) in [6.45, 7) is 15.5. The Hall–Kier alpha value is -4.21. The largest absolute Gasteiger partial charge is 0.378 e. The number of carbonyl (C=O) groups excluding carboxylic acids is 3. The molecule has 2 fully saturated rings. The fourth-order valence-electron chi connectivity index (χ4n) is 8.43. The topological polar surface area (TPSA) is 134 Å². The SMILES string of the molecule is CCn1c(-c2cc(N3CCN(C)CC3)cnc2[C@H](C)OC)c2c3cc(ccc31)-c1csc(n1)C[C@H](NC(C)=O)C(=O)N1CCC[C@](C=O)(COCC(C)(C)C2)N1. The fourth-order valence-corrected chi connectivity index (χ4v) is 9.28. The van der Waals surface area contributed by atoms with Gasteiger partial charge in [0.2, 0.25) is 5.91 Å². The molecule has 13 nitrogen and oxygen atoms in total. The number of hydrogen-bond donors (Lipinski definition) is 2. The third-order valence-corrected chi connectivity index (χ3v) is 12.4. The number of aryl methyl sites for hydroxylation is 1. The van der Waals surface area contributed by atoms with Crippen molar-refractivity contribution in [2.75, 3.05) is 65.0 Å². The molecule has 0 radical (unpaired) electrons. The molecule has 3 aromatic heterocycles. The Bertz CT molecular complexity index is 2090. The van der Waals surface area contributed by atoms with Crippen LogP contribution in [0.25, 0.3) is 33.4 Å². The number of hydrazine groups is 1. The van der Waals surface area contributed by atoms with Crippen LogP contribution in [0.3, 0.4) is 0 Å². The number of carbonyl (C=O) groups is 3. The number of amides is 2. The first-order chi connectivity index (χ1) is 26.8. The second kappa shape index (κ2) is 16.3. The van der Waals surface area contributed by atoms with E-state index in [-0.39, 0.29) is 36.4 Å². The van der Waals surface area contributed by atoms with E-state index in [9.17, 15) is 14.4 Å². The number of fused-ring (bicyclic) bond motifs is 6. The first-order valence-electron chi connectivity index (χ1n) is 19.8. The lowest BCUT2D eigenvalue weighted by Crippen LogP contribution is -2.66. The Labute approximate surface area is 333 Å². The molecule has 7 rings (SSSR count). The first kappa shape index (κ1) is 40.0. The smallest absolute Gasteiger partial charge is 0.259 e. The summed E-state index contributed by atoms with van der Waals surface area (Å²) in [6, 6.07) is 8.02. The highest BCUT2D eigenvalue weighted by molar-refractivity contribution is 7.10. The molecule has 2 amide bonds. The molecule has 2 N–H and O–H groups in total. The first-order valence-corrected chi connectivity index (χ1v) is 20.7. The van der Waals surface area contributed by atoms with Crippen molar-refractivity contribution < 1.29 is 23.9 Å². The molecule has 3 atom stereocenters. The van der Waals surface area contributed by atoms with Gasteiger partial charge in [0.15, 0.2) is 0 Å². The highest BCUT2D eigenvalue weighted by Gasteiger charge is 2.40.